The molecule has 0 spiro atoms. The van der Waals surface area contributed by atoms with Crippen LogP contribution in [0.4, 0.5) is 0 Å². The molecule has 2 unspecified atom stereocenters. The van der Waals surface area contributed by atoms with Crippen LogP contribution in [0, 0.1) is 0 Å². The molecule has 2 amide bonds. The normalized spacial score (nSPS) is 22.1. The number of carbonyl (C=O) groups excluding carboxylic acids is 2. The summed E-state index contributed by atoms with van der Waals surface area (Å²) in [6.45, 7) is 0.387. The minimum Gasteiger partial charge on any atom is -0.482 e. The van der Waals surface area contributed by atoms with E-state index >= 15 is 0 Å². The molecule has 1 aliphatic carbocycles. The Bertz CT molecular complexity index is 991. The van der Waals surface area contributed by atoms with Crippen molar-refractivity contribution in [3.8, 4) is 0 Å². The summed E-state index contributed by atoms with van der Waals surface area (Å²) in [4.78, 5) is 27.6. The van der Waals surface area contributed by atoms with E-state index in [0.717, 1.165) is 36.8 Å². The average Bonchev–Trinajstić information content (AvgIpc) is 2.76. The van der Waals surface area contributed by atoms with Crippen LogP contribution >= 0.6 is 23.2 Å². The fraction of sp³-hybridized carbons (Fsp3) is 0.333. The molecule has 4 rings (SSSR count). The van der Waals surface area contributed by atoms with Crippen LogP contribution in [0.2, 0.25) is 10.0 Å². The first-order chi connectivity index (χ1) is 15.0. The minimum atomic E-state index is -0.259. The number of carbonyl (C=O) groups is 2. The van der Waals surface area contributed by atoms with Crippen molar-refractivity contribution in [1.82, 2.24) is 10.2 Å². The smallest absolute Gasteiger partial charge is 0.289 e. The molecule has 2 aromatic rings. The van der Waals surface area contributed by atoms with Gasteiger partial charge in [0.05, 0.1) is 6.04 Å². The number of amides is 2. The third-order valence-corrected chi connectivity index (χ3v) is 6.17. The highest BCUT2D eigenvalue weighted by Gasteiger charge is 2.42. The van der Waals surface area contributed by atoms with E-state index in [0.29, 0.717) is 16.6 Å². The molecule has 162 valence electrons. The van der Waals surface area contributed by atoms with Crippen LogP contribution in [0.5, 0.6) is 0 Å². The first-order valence-corrected chi connectivity index (χ1v) is 11.2. The van der Waals surface area contributed by atoms with Gasteiger partial charge in [0.1, 0.15) is 12.6 Å². The fourth-order valence-electron chi connectivity index (χ4n) is 4.12. The number of nitrogens with zero attached hydrogens (tertiary/aromatic N) is 1. The van der Waals surface area contributed by atoms with Crippen LogP contribution < -0.4 is 5.32 Å². The lowest BCUT2D eigenvalue weighted by Crippen LogP contribution is -2.57. The lowest BCUT2D eigenvalue weighted by Gasteiger charge is -2.44. The Hall–Kier alpha value is -2.50. The molecule has 2 aliphatic rings. The van der Waals surface area contributed by atoms with E-state index in [1.165, 1.54) is 0 Å². The van der Waals surface area contributed by atoms with Gasteiger partial charge in [0, 0.05) is 16.6 Å². The van der Waals surface area contributed by atoms with Crippen molar-refractivity contribution in [3.63, 3.8) is 0 Å². The molecule has 1 aliphatic heterocycles. The zero-order valence-corrected chi connectivity index (χ0v) is 18.5. The van der Waals surface area contributed by atoms with E-state index in [4.69, 9.17) is 27.9 Å². The van der Waals surface area contributed by atoms with Gasteiger partial charge in [0.25, 0.3) is 5.91 Å². The Morgan fingerprint density at radius 1 is 1.10 bits per heavy atom. The monoisotopic (exact) mass is 458 g/mol. The standard InChI is InChI=1S/C24H24Cl2N2O3/c25-18-10-8-16(9-11-18)14-27-23(29)15-28-20-6-1-2-7-21(20)31-22(24(28)30)13-17-4-3-5-19(26)12-17/h3-5,8-13,20-21H,1-2,6-7,14-15H2,(H,27,29)/b22-13+. The Morgan fingerprint density at radius 2 is 1.87 bits per heavy atom. The molecule has 1 saturated carbocycles. The van der Waals surface area contributed by atoms with Crippen LogP contribution in [0.3, 0.4) is 0 Å². The largest absolute Gasteiger partial charge is 0.482 e. The van der Waals surface area contributed by atoms with Crippen molar-refractivity contribution in [3.05, 3.63) is 75.5 Å². The Kier molecular flexibility index (Phi) is 6.83. The summed E-state index contributed by atoms with van der Waals surface area (Å²) in [5, 5.41) is 4.14. The highest BCUT2D eigenvalue weighted by atomic mass is 35.5. The summed E-state index contributed by atoms with van der Waals surface area (Å²) in [5.74, 6) is -0.197. The molecule has 1 N–H and O–H groups in total. The van der Waals surface area contributed by atoms with E-state index < -0.39 is 0 Å². The molecule has 0 aromatic heterocycles. The highest BCUT2D eigenvalue weighted by Crippen LogP contribution is 2.33. The highest BCUT2D eigenvalue weighted by molar-refractivity contribution is 6.30. The van der Waals surface area contributed by atoms with Crippen molar-refractivity contribution in [2.45, 2.75) is 44.4 Å². The molecule has 2 atom stereocenters. The predicted octanol–water partition coefficient (Wildman–Crippen LogP) is 4.82. The minimum absolute atomic E-state index is 0.00381. The van der Waals surface area contributed by atoms with Gasteiger partial charge in [-0.1, -0.05) is 53.9 Å². The number of hydrogen-bond donors (Lipinski definition) is 1. The van der Waals surface area contributed by atoms with E-state index in [2.05, 4.69) is 5.32 Å². The summed E-state index contributed by atoms with van der Waals surface area (Å²) < 4.78 is 6.08. The Morgan fingerprint density at radius 3 is 2.65 bits per heavy atom. The van der Waals surface area contributed by atoms with Crippen LogP contribution in [-0.4, -0.2) is 35.4 Å². The van der Waals surface area contributed by atoms with Gasteiger partial charge in [0.2, 0.25) is 5.91 Å². The van der Waals surface area contributed by atoms with Crippen LogP contribution in [0.25, 0.3) is 6.08 Å². The molecular formula is C24H24Cl2N2O3. The van der Waals surface area contributed by atoms with Gasteiger partial charge in [0.15, 0.2) is 5.76 Å². The first kappa shape index (κ1) is 21.7. The van der Waals surface area contributed by atoms with E-state index in [-0.39, 0.29) is 36.3 Å². The van der Waals surface area contributed by atoms with Crippen molar-refractivity contribution >= 4 is 41.1 Å². The van der Waals surface area contributed by atoms with Crippen LogP contribution in [0.15, 0.2) is 54.3 Å². The Balaban J connectivity index is 1.48. The number of halogens is 2. The van der Waals surface area contributed by atoms with Gasteiger partial charge in [-0.15, -0.1) is 0 Å². The number of ether oxygens (including phenoxy) is 1. The average molecular weight is 459 g/mol. The topological polar surface area (TPSA) is 58.6 Å². The molecule has 5 nitrogen and oxygen atoms in total. The van der Waals surface area contributed by atoms with E-state index in [1.54, 1.807) is 35.2 Å². The number of morpholine rings is 1. The number of nitrogens with one attached hydrogen (secondary N) is 1. The molecule has 0 bridgehead atoms. The summed E-state index contributed by atoms with van der Waals surface area (Å²) in [6.07, 6.45) is 5.39. The fourth-order valence-corrected chi connectivity index (χ4v) is 4.45. The molecule has 31 heavy (non-hydrogen) atoms. The maximum atomic E-state index is 13.2. The Labute approximate surface area is 192 Å². The molecule has 2 aromatic carbocycles. The van der Waals surface area contributed by atoms with E-state index in [9.17, 15) is 9.59 Å². The summed E-state index contributed by atoms with van der Waals surface area (Å²) in [6, 6.07) is 14.5. The second kappa shape index (κ2) is 9.75. The van der Waals surface area contributed by atoms with Crippen molar-refractivity contribution < 1.29 is 14.3 Å². The van der Waals surface area contributed by atoms with Gasteiger partial charge in [-0.05, 0) is 60.7 Å². The molecular weight excluding hydrogens is 435 g/mol. The van der Waals surface area contributed by atoms with Gasteiger partial charge in [-0.2, -0.15) is 0 Å². The first-order valence-electron chi connectivity index (χ1n) is 10.5. The molecule has 2 fully saturated rings. The van der Waals surface area contributed by atoms with Gasteiger partial charge in [-0.25, -0.2) is 0 Å². The second-order valence-electron chi connectivity index (χ2n) is 7.91. The van der Waals surface area contributed by atoms with Gasteiger partial charge >= 0.3 is 0 Å². The molecule has 7 heteroatoms. The summed E-state index contributed by atoms with van der Waals surface area (Å²) >= 11 is 12.0. The summed E-state index contributed by atoms with van der Waals surface area (Å²) in [5.41, 5.74) is 1.74. The van der Waals surface area contributed by atoms with Crippen LogP contribution in [-0.2, 0) is 20.9 Å². The lowest BCUT2D eigenvalue weighted by atomic mass is 9.89. The zero-order valence-electron chi connectivity index (χ0n) is 17.0. The van der Waals surface area contributed by atoms with Crippen molar-refractivity contribution in [2.24, 2.45) is 0 Å². The maximum Gasteiger partial charge on any atom is 0.289 e. The zero-order chi connectivity index (χ0) is 21.8. The SMILES string of the molecule is O=C(CN1C(=O)/C(=C\c2cccc(Cl)c2)OC2CCCCC21)NCc1ccc(Cl)cc1. The molecule has 1 saturated heterocycles. The second-order valence-corrected chi connectivity index (χ2v) is 8.78. The maximum absolute atomic E-state index is 13.2. The van der Waals surface area contributed by atoms with Crippen molar-refractivity contribution in [1.29, 1.82) is 0 Å². The predicted molar refractivity (Wildman–Crippen MR) is 122 cm³/mol. The number of rotatable bonds is 5. The van der Waals surface area contributed by atoms with Gasteiger partial charge in [-0.3, -0.25) is 9.59 Å². The number of hydrogen-bond acceptors (Lipinski definition) is 3. The number of benzene rings is 2. The van der Waals surface area contributed by atoms with Crippen LogP contribution in [0.1, 0.15) is 36.8 Å². The summed E-state index contributed by atoms with van der Waals surface area (Å²) in [7, 11) is 0. The van der Waals surface area contributed by atoms with Crippen molar-refractivity contribution in [2.75, 3.05) is 6.54 Å². The third-order valence-electron chi connectivity index (χ3n) is 5.68. The third kappa shape index (κ3) is 5.41. The quantitative estimate of drug-likeness (QED) is 0.653. The van der Waals surface area contributed by atoms with Gasteiger partial charge < -0.3 is 15.0 Å². The number of fused-ring (bicyclic) bond motifs is 1. The molecule has 1 heterocycles. The molecule has 0 radical (unpaired) electrons. The van der Waals surface area contributed by atoms with E-state index in [1.807, 2.05) is 24.3 Å². The lowest BCUT2D eigenvalue weighted by molar-refractivity contribution is -0.151.